The minimum atomic E-state index is -4.84. The summed E-state index contributed by atoms with van der Waals surface area (Å²) in [5.41, 5.74) is 1.28. The molecule has 148 valence electrons. The number of esters is 1. The first kappa shape index (κ1) is 21.4. The molecule has 6 nitrogen and oxygen atoms in total. The molecule has 0 atom stereocenters. The molecule has 0 radical (unpaired) electrons. The van der Waals surface area contributed by atoms with Crippen LogP contribution in [0.25, 0.3) is 0 Å². The van der Waals surface area contributed by atoms with Crippen molar-refractivity contribution in [3.8, 4) is 5.75 Å². The van der Waals surface area contributed by atoms with Crippen LogP contribution in [0.5, 0.6) is 5.75 Å². The van der Waals surface area contributed by atoms with Gasteiger partial charge in [0.15, 0.2) is 0 Å². The number of ketones is 1. The summed E-state index contributed by atoms with van der Waals surface area (Å²) in [6.07, 6.45) is -4.84. The summed E-state index contributed by atoms with van der Waals surface area (Å²) in [6, 6.07) is 8.12. The van der Waals surface area contributed by atoms with Crippen LogP contribution in [0.3, 0.4) is 0 Å². The van der Waals surface area contributed by atoms with Gasteiger partial charge in [-0.15, -0.1) is 13.2 Å². The van der Waals surface area contributed by atoms with Gasteiger partial charge < -0.3 is 9.47 Å². The third kappa shape index (κ3) is 5.52. The van der Waals surface area contributed by atoms with E-state index < -0.39 is 41.0 Å². The summed E-state index contributed by atoms with van der Waals surface area (Å²) in [7, 11) is 1.00. The Bertz CT molecular complexity index is 894. The second kappa shape index (κ2) is 8.83. The molecule has 0 aromatic heterocycles. The number of carbonyl (C=O) groups excluding carboxylic acids is 2. The van der Waals surface area contributed by atoms with Gasteiger partial charge in [-0.1, -0.05) is 6.07 Å². The fraction of sp³-hybridized carbons (Fsp3) is 0.118. The molecule has 0 aliphatic carbocycles. The van der Waals surface area contributed by atoms with Crippen LogP contribution in [0.2, 0.25) is 0 Å². The number of Topliss-reactive ketones (excluding diaryl/α,β-unsaturated/α-hetero) is 1. The van der Waals surface area contributed by atoms with E-state index in [1.54, 1.807) is 0 Å². The van der Waals surface area contributed by atoms with E-state index in [-0.39, 0.29) is 10.2 Å². The van der Waals surface area contributed by atoms with Crippen molar-refractivity contribution < 1.29 is 36.6 Å². The van der Waals surface area contributed by atoms with Crippen molar-refractivity contribution in [3.05, 3.63) is 58.3 Å². The highest BCUT2D eigenvalue weighted by atomic mass is 79.9. The van der Waals surface area contributed by atoms with E-state index in [9.17, 15) is 27.2 Å². The van der Waals surface area contributed by atoms with Crippen LogP contribution in [-0.4, -0.2) is 30.9 Å². The Morgan fingerprint density at radius 3 is 2.29 bits per heavy atom. The van der Waals surface area contributed by atoms with Crippen LogP contribution in [0.15, 0.2) is 52.0 Å². The first-order chi connectivity index (χ1) is 13.1. The predicted molar refractivity (Wildman–Crippen MR) is 94.6 cm³/mol. The molecule has 0 saturated carbocycles. The molecule has 2 aromatic carbocycles. The molecule has 0 aliphatic rings. The van der Waals surface area contributed by atoms with Crippen molar-refractivity contribution >= 4 is 39.1 Å². The van der Waals surface area contributed by atoms with E-state index in [1.165, 1.54) is 24.3 Å². The SMILES string of the molecule is COC(=O)/C(=N/Nc1ccc(OC(F)(F)F)cc1)C(=O)c1c(F)cccc1Br. The Labute approximate surface area is 164 Å². The Morgan fingerprint density at radius 2 is 1.75 bits per heavy atom. The number of benzene rings is 2. The molecule has 0 heterocycles. The van der Waals surface area contributed by atoms with E-state index in [0.29, 0.717) is 0 Å². The molecule has 0 aliphatic heterocycles. The molecule has 0 bridgehead atoms. The summed E-state index contributed by atoms with van der Waals surface area (Å²) in [4.78, 5) is 24.4. The van der Waals surface area contributed by atoms with E-state index in [2.05, 4.69) is 35.9 Å². The number of anilines is 1. The second-order valence-corrected chi connectivity index (χ2v) is 5.92. The van der Waals surface area contributed by atoms with Crippen molar-refractivity contribution in [2.24, 2.45) is 5.10 Å². The zero-order valence-corrected chi connectivity index (χ0v) is 15.6. The number of nitrogens with zero attached hydrogens (tertiary/aromatic N) is 1. The fourth-order valence-electron chi connectivity index (χ4n) is 1.97. The van der Waals surface area contributed by atoms with Crippen molar-refractivity contribution in [1.29, 1.82) is 0 Å². The highest BCUT2D eigenvalue weighted by molar-refractivity contribution is 9.10. The number of rotatable bonds is 6. The smallest absolute Gasteiger partial charge is 0.464 e. The maximum atomic E-state index is 14.0. The first-order valence-electron chi connectivity index (χ1n) is 7.39. The quantitative estimate of drug-likeness (QED) is 0.173. The van der Waals surface area contributed by atoms with Gasteiger partial charge in [0.05, 0.1) is 18.4 Å². The number of carbonyl (C=O) groups is 2. The topological polar surface area (TPSA) is 77.0 Å². The molecule has 11 heteroatoms. The van der Waals surface area contributed by atoms with Gasteiger partial charge in [-0.3, -0.25) is 10.2 Å². The van der Waals surface area contributed by atoms with Crippen LogP contribution in [0, 0.1) is 5.82 Å². The molecule has 2 rings (SSSR count). The largest absolute Gasteiger partial charge is 0.573 e. The Morgan fingerprint density at radius 1 is 1.11 bits per heavy atom. The lowest BCUT2D eigenvalue weighted by atomic mass is 10.1. The van der Waals surface area contributed by atoms with E-state index >= 15 is 0 Å². The van der Waals surface area contributed by atoms with Crippen molar-refractivity contribution in [2.45, 2.75) is 6.36 Å². The van der Waals surface area contributed by atoms with Crippen LogP contribution < -0.4 is 10.2 Å². The summed E-state index contributed by atoms with van der Waals surface area (Å²) in [5.74, 6) is -3.54. The third-order valence-corrected chi connectivity index (χ3v) is 3.83. The summed E-state index contributed by atoms with van der Waals surface area (Å²) in [6.45, 7) is 0. The third-order valence-electron chi connectivity index (χ3n) is 3.17. The van der Waals surface area contributed by atoms with Crippen LogP contribution in [-0.2, 0) is 9.53 Å². The van der Waals surface area contributed by atoms with Crippen molar-refractivity contribution in [3.63, 3.8) is 0 Å². The molecule has 28 heavy (non-hydrogen) atoms. The Kier molecular flexibility index (Phi) is 6.73. The monoisotopic (exact) mass is 462 g/mol. The number of methoxy groups -OCH3 is 1. The molecular formula is C17H11BrF4N2O4. The van der Waals surface area contributed by atoms with E-state index in [1.807, 2.05) is 0 Å². The Hall–Kier alpha value is -2.95. The number of nitrogens with one attached hydrogen (secondary N) is 1. The lowest BCUT2D eigenvalue weighted by Gasteiger charge is -2.10. The van der Waals surface area contributed by atoms with Crippen molar-refractivity contribution in [2.75, 3.05) is 12.5 Å². The molecule has 2 aromatic rings. The summed E-state index contributed by atoms with van der Waals surface area (Å²) >= 11 is 3.02. The van der Waals surface area contributed by atoms with Crippen LogP contribution in [0.4, 0.5) is 23.2 Å². The van der Waals surface area contributed by atoms with Crippen LogP contribution in [0.1, 0.15) is 10.4 Å². The van der Waals surface area contributed by atoms with Gasteiger partial charge in [-0.25, -0.2) is 9.18 Å². The lowest BCUT2D eigenvalue weighted by Crippen LogP contribution is -2.28. The van der Waals surface area contributed by atoms with E-state index in [0.717, 1.165) is 25.3 Å². The molecule has 0 saturated heterocycles. The molecule has 0 unspecified atom stereocenters. The minimum Gasteiger partial charge on any atom is -0.464 e. The van der Waals surface area contributed by atoms with Gasteiger partial charge in [-0.2, -0.15) is 5.10 Å². The second-order valence-electron chi connectivity index (χ2n) is 5.06. The lowest BCUT2D eigenvalue weighted by molar-refractivity contribution is -0.274. The van der Waals surface area contributed by atoms with Gasteiger partial charge in [-0.05, 0) is 52.3 Å². The normalized spacial score (nSPS) is 11.7. The van der Waals surface area contributed by atoms with Crippen LogP contribution >= 0.6 is 15.9 Å². The highest BCUT2D eigenvalue weighted by Gasteiger charge is 2.31. The van der Waals surface area contributed by atoms with Gasteiger partial charge in [0, 0.05) is 4.47 Å². The maximum absolute atomic E-state index is 14.0. The number of alkyl halides is 3. The zero-order chi connectivity index (χ0) is 20.9. The maximum Gasteiger partial charge on any atom is 0.573 e. The summed E-state index contributed by atoms with van der Waals surface area (Å²) in [5, 5.41) is 3.62. The fourth-order valence-corrected chi connectivity index (χ4v) is 2.49. The number of ether oxygens (including phenoxy) is 2. The molecular weight excluding hydrogens is 452 g/mol. The molecule has 0 fully saturated rings. The van der Waals surface area contributed by atoms with Gasteiger partial charge >= 0.3 is 12.3 Å². The minimum absolute atomic E-state index is 0.0998. The number of hydrogen-bond acceptors (Lipinski definition) is 6. The number of hydrogen-bond donors (Lipinski definition) is 1. The molecule has 0 spiro atoms. The zero-order valence-electron chi connectivity index (χ0n) is 14.0. The van der Waals surface area contributed by atoms with Gasteiger partial charge in [0.25, 0.3) is 0 Å². The molecule has 0 amide bonds. The standard InChI is InChI=1S/C17H11BrF4N2O4/c1-27-16(26)14(15(25)13-11(18)3-2-4-12(13)19)24-23-9-5-7-10(8-6-9)28-17(20,21)22/h2-8,23H,1H3/b24-14+. The highest BCUT2D eigenvalue weighted by Crippen LogP contribution is 2.24. The van der Waals surface area contributed by atoms with E-state index in [4.69, 9.17) is 0 Å². The first-order valence-corrected chi connectivity index (χ1v) is 8.18. The number of halogens is 5. The predicted octanol–water partition coefficient (Wildman–Crippen LogP) is 4.31. The average Bonchev–Trinajstić information content (AvgIpc) is 2.61. The Balaban J connectivity index is 2.28. The number of hydrazone groups is 1. The van der Waals surface area contributed by atoms with Gasteiger partial charge in [0.1, 0.15) is 11.6 Å². The average molecular weight is 463 g/mol. The van der Waals surface area contributed by atoms with Crippen molar-refractivity contribution in [1.82, 2.24) is 0 Å². The summed E-state index contributed by atoms with van der Waals surface area (Å²) < 4.78 is 58.8. The molecule has 1 N–H and O–H groups in total. The van der Waals surface area contributed by atoms with Gasteiger partial charge in [0.2, 0.25) is 11.5 Å².